The van der Waals surface area contributed by atoms with Crippen LogP contribution in [0.25, 0.3) is 0 Å². The molecule has 0 unspecified atom stereocenters. The minimum Gasteiger partial charge on any atom is -0.490 e. The van der Waals surface area contributed by atoms with E-state index in [0.717, 1.165) is 16.8 Å². The molecular formula is C25H25FN4O3. The average molecular weight is 448 g/mol. The fourth-order valence-electron chi connectivity index (χ4n) is 3.15. The van der Waals surface area contributed by atoms with E-state index in [1.54, 1.807) is 49.7 Å². The van der Waals surface area contributed by atoms with Crippen LogP contribution in [0.5, 0.6) is 11.5 Å². The topological polar surface area (TPSA) is 88.8 Å². The van der Waals surface area contributed by atoms with Gasteiger partial charge >= 0.3 is 0 Å². The first kappa shape index (κ1) is 23.7. The van der Waals surface area contributed by atoms with Crippen molar-refractivity contribution in [3.63, 3.8) is 0 Å². The van der Waals surface area contributed by atoms with Crippen LogP contribution in [0.15, 0.2) is 53.6 Å². The number of pyridine rings is 1. The average Bonchev–Trinajstić information content (AvgIpc) is 2.80. The summed E-state index contributed by atoms with van der Waals surface area (Å²) in [6.07, 6.45) is 1.59. The number of aromatic nitrogens is 1. The second-order valence-corrected chi connectivity index (χ2v) is 7.08. The Morgan fingerprint density at radius 1 is 1.09 bits per heavy atom. The largest absolute Gasteiger partial charge is 0.490 e. The van der Waals surface area contributed by atoms with E-state index >= 15 is 0 Å². The van der Waals surface area contributed by atoms with Crippen molar-refractivity contribution in [2.24, 2.45) is 5.10 Å². The molecule has 0 radical (unpaired) electrons. The Hall–Kier alpha value is -3.96. The Bertz CT molecular complexity index is 1170. The molecule has 1 heterocycles. The molecule has 0 amide bonds. The highest BCUT2D eigenvalue weighted by atomic mass is 19.1. The van der Waals surface area contributed by atoms with Crippen molar-refractivity contribution < 1.29 is 18.6 Å². The van der Waals surface area contributed by atoms with Crippen LogP contribution in [0.2, 0.25) is 0 Å². The van der Waals surface area contributed by atoms with Gasteiger partial charge in [0.2, 0.25) is 0 Å². The smallest absolute Gasteiger partial charge is 0.164 e. The van der Waals surface area contributed by atoms with Crippen LogP contribution >= 0.6 is 0 Å². The van der Waals surface area contributed by atoms with Gasteiger partial charge in [-0.05, 0) is 49.7 Å². The zero-order valence-corrected chi connectivity index (χ0v) is 18.8. The quantitative estimate of drug-likeness (QED) is 0.348. The Labute approximate surface area is 192 Å². The van der Waals surface area contributed by atoms with Gasteiger partial charge in [0, 0.05) is 23.9 Å². The molecule has 1 N–H and O–H groups in total. The highest BCUT2D eigenvalue weighted by molar-refractivity contribution is 5.81. The lowest BCUT2D eigenvalue weighted by atomic mass is 10.1. The predicted octanol–water partition coefficient (Wildman–Crippen LogP) is 4.97. The molecular weight excluding hydrogens is 423 g/mol. The van der Waals surface area contributed by atoms with Crippen LogP contribution in [0.1, 0.15) is 34.9 Å². The highest BCUT2D eigenvalue weighted by Crippen LogP contribution is 2.29. The lowest BCUT2D eigenvalue weighted by Crippen LogP contribution is -2.04. The van der Waals surface area contributed by atoms with Gasteiger partial charge in [-0.2, -0.15) is 10.4 Å². The number of rotatable bonds is 10. The second-order valence-electron chi connectivity index (χ2n) is 7.08. The van der Waals surface area contributed by atoms with Crippen LogP contribution < -0.4 is 14.9 Å². The maximum atomic E-state index is 13.9. The Balaban J connectivity index is 1.76. The molecule has 1 aromatic heterocycles. The van der Waals surface area contributed by atoms with Crippen molar-refractivity contribution in [1.82, 2.24) is 4.98 Å². The normalized spacial score (nSPS) is 10.8. The van der Waals surface area contributed by atoms with E-state index in [1.807, 2.05) is 19.9 Å². The lowest BCUT2D eigenvalue weighted by Gasteiger charge is -2.13. The molecule has 0 aliphatic heterocycles. The van der Waals surface area contributed by atoms with E-state index in [9.17, 15) is 9.65 Å². The number of aryl methyl sites for hydroxylation is 1. The number of nitriles is 1. The second kappa shape index (κ2) is 11.6. The zero-order chi connectivity index (χ0) is 23.6. The molecule has 7 nitrogen and oxygen atoms in total. The van der Waals surface area contributed by atoms with Crippen molar-refractivity contribution in [3.05, 3.63) is 82.3 Å². The fraction of sp³-hybridized carbons (Fsp3) is 0.240. The summed E-state index contributed by atoms with van der Waals surface area (Å²) in [6.45, 7) is 4.53. The summed E-state index contributed by atoms with van der Waals surface area (Å²) in [7, 11) is 1.57. The van der Waals surface area contributed by atoms with Gasteiger partial charge < -0.3 is 14.2 Å². The van der Waals surface area contributed by atoms with Crippen molar-refractivity contribution in [3.8, 4) is 17.6 Å². The molecule has 0 spiro atoms. The number of nitrogens with one attached hydrogen (secondary N) is 1. The molecule has 0 fully saturated rings. The summed E-state index contributed by atoms with van der Waals surface area (Å²) >= 11 is 0. The van der Waals surface area contributed by atoms with Crippen molar-refractivity contribution in [1.29, 1.82) is 5.26 Å². The number of hydrogen-bond acceptors (Lipinski definition) is 7. The molecule has 170 valence electrons. The first-order chi connectivity index (χ1) is 16.0. The van der Waals surface area contributed by atoms with Gasteiger partial charge in [-0.15, -0.1) is 0 Å². The maximum absolute atomic E-state index is 13.9. The maximum Gasteiger partial charge on any atom is 0.164 e. The van der Waals surface area contributed by atoms with E-state index < -0.39 is 0 Å². The van der Waals surface area contributed by atoms with Crippen molar-refractivity contribution in [2.75, 3.05) is 19.1 Å². The molecule has 2 aromatic carbocycles. The number of benzene rings is 2. The SMILES string of the molecule is CCOc1cc(/C=N\Nc2nc(C)cc(COC)c2C#N)ccc1OCc1ccccc1F. The molecule has 0 saturated heterocycles. The summed E-state index contributed by atoms with van der Waals surface area (Å²) < 4.78 is 30.5. The molecule has 0 aliphatic rings. The molecule has 0 atom stereocenters. The minimum atomic E-state index is -0.319. The van der Waals surface area contributed by atoms with Crippen LogP contribution in [-0.2, 0) is 18.0 Å². The van der Waals surface area contributed by atoms with Crippen LogP contribution in [0.3, 0.4) is 0 Å². The summed E-state index contributed by atoms with van der Waals surface area (Å²) in [5, 5.41) is 13.7. The standard InChI is InChI=1S/C25H25FN4O3/c1-4-32-24-12-18(9-10-23(24)33-16-19-7-5-6-8-22(19)26)14-28-30-25-21(13-27)20(15-31-3)11-17(2)29-25/h5-12,14H,4,15-16H2,1-3H3,(H,29,30)/b28-14-. The summed E-state index contributed by atoms with van der Waals surface area (Å²) in [6, 6.07) is 15.7. The number of ether oxygens (including phenoxy) is 3. The number of methoxy groups -OCH3 is 1. The first-order valence-corrected chi connectivity index (χ1v) is 10.4. The molecule has 33 heavy (non-hydrogen) atoms. The van der Waals surface area contributed by atoms with Crippen molar-refractivity contribution in [2.45, 2.75) is 27.1 Å². The number of nitrogens with zero attached hydrogens (tertiary/aromatic N) is 3. The van der Waals surface area contributed by atoms with Gasteiger partial charge in [-0.3, -0.25) is 5.43 Å². The predicted molar refractivity (Wildman–Crippen MR) is 124 cm³/mol. The lowest BCUT2D eigenvalue weighted by molar-refractivity contribution is 0.184. The third kappa shape index (κ3) is 6.28. The molecule has 0 aliphatic carbocycles. The Morgan fingerprint density at radius 2 is 1.91 bits per heavy atom. The molecule has 3 aromatic rings. The molecule has 0 bridgehead atoms. The molecule has 3 rings (SSSR count). The number of hydrogen-bond donors (Lipinski definition) is 1. The van der Waals surface area contributed by atoms with Gasteiger partial charge in [0.1, 0.15) is 24.1 Å². The third-order valence-corrected chi connectivity index (χ3v) is 4.63. The van der Waals surface area contributed by atoms with E-state index in [2.05, 4.69) is 21.6 Å². The summed E-state index contributed by atoms with van der Waals surface area (Å²) in [4.78, 5) is 4.36. The zero-order valence-electron chi connectivity index (χ0n) is 18.8. The third-order valence-electron chi connectivity index (χ3n) is 4.63. The van der Waals surface area contributed by atoms with Crippen molar-refractivity contribution >= 4 is 12.0 Å². The van der Waals surface area contributed by atoms with Gasteiger partial charge in [0.25, 0.3) is 0 Å². The van der Waals surface area contributed by atoms with Gasteiger partial charge in [-0.1, -0.05) is 18.2 Å². The summed E-state index contributed by atoms with van der Waals surface area (Å²) in [5.41, 5.74) is 5.90. The monoisotopic (exact) mass is 448 g/mol. The highest BCUT2D eigenvalue weighted by Gasteiger charge is 2.11. The van der Waals surface area contributed by atoms with Gasteiger partial charge in [0.05, 0.1) is 19.4 Å². The molecule has 8 heteroatoms. The number of halogens is 1. The Kier molecular flexibility index (Phi) is 8.33. The summed E-state index contributed by atoms with van der Waals surface area (Å²) in [5.74, 6) is 1.06. The van der Waals surface area contributed by atoms with Gasteiger partial charge in [0.15, 0.2) is 17.3 Å². The van der Waals surface area contributed by atoms with E-state index in [4.69, 9.17) is 14.2 Å². The van der Waals surface area contributed by atoms with E-state index in [1.165, 1.54) is 6.07 Å². The number of hydrazone groups is 1. The van der Waals surface area contributed by atoms with Crippen LogP contribution in [0, 0.1) is 24.1 Å². The first-order valence-electron chi connectivity index (χ1n) is 10.4. The molecule has 0 saturated carbocycles. The Morgan fingerprint density at radius 3 is 2.64 bits per heavy atom. The van der Waals surface area contributed by atoms with Gasteiger partial charge in [-0.25, -0.2) is 9.37 Å². The fourth-order valence-corrected chi connectivity index (χ4v) is 3.15. The van der Waals surface area contributed by atoms with E-state index in [-0.39, 0.29) is 12.4 Å². The van der Waals surface area contributed by atoms with E-state index in [0.29, 0.717) is 41.7 Å². The van der Waals surface area contributed by atoms with Crippen LogP contribution in [0.4, 0.5) is 10.2 Å². The number of anilines is 1. The van der Waals surface area contributed by atoms with Crippen LogP contribution in [-0.4, -0.2) is 24.9 Å². The minimum absolute atomic E-state index is 0.0848.